The molecule has 124 valence electrons. The molecule has 2 nitrogen and oxygen atoms in total. The molecule has 0 radical (unpaired) electrons. The van der Waals surface area contributed by atoms with Gasteiger partial charge in [0, 0.05) is 11.8 Å². The van der Waals surface area contributed by atoms with Gasteiger partial charge >= 0.3 is 0 Å². The van der Waals surface area contributed by atoms with Crippen LogP contribution in [0.2, 0.25) is 0 Å². The van der Waals surface area contributed by atoms with Crippen LogP contribution in [0.4, 0.5) is 8.78 Å². The first-order valence-corrected chi connectivity index (χ1v) is 8.42. The minimum absolute atomic E-state index is 0.128. The molecule has 2 bridgehead atoms. The van der Waals surface area contributed by atoms with Crippen LogP contribution in [0.1, 0.15) is 29.9 Å². The lowest BCUT2D eigenvalue weighted by molar-refractivity contribution is -0.137. The van der Waals surface area contributed by atoms with Gasteiger partial charge in [-0.1, -0.05) is 24.3 Å². The molecule has 24 heavy (non-hydrogen) atoms. The van der Waals surface area contributed by atoms with Crippen molar-refractivity contribution in [3.63, 3.8) is 0 Å². The van der Waals surface area contributed by atoms with Gasteiger partial charge in [-0.05, 0) is 61.3 Å². The van der Waals surface area contributed by atoms with E-state index >= 15 is 0 Å². The van der Waals surface area contributed by atoms with Crippen molar-refractivity contribution in [1.82, 2.24) is 4.90 Å². The number of nitrogens with zero attached hydrogens (tertiary/aromatic N) is 1. The Morgan fingerprint density at radius 3 is 1.71 bits per heavy atom. The molecular formula is C20H19F2NO. The summed E-state index contributed by atoms with van der Waals surface area (Å²) in [5.41, 5.74) is 1.79. The molecule has 5 rings (SSSR count). The summed E-state index contributed by atoms with van der Waals surface area (Å²) in [7, 11) is 0. The van der Waals surface area contributed by atoms with Gasteiger partial charge in [-0.3, -0.25) is 9.69 Å². The zero-order valence-corrected chi connectivity index (χ0v) is 13.3. The summed E-state index contributed by atoms with van der Waals surface area (Å²) in [5.74, 6) is -0.391. The van der Waals surface area contributed by atoms with Crippen LogP contribution in [0.25, 0.3) is 0 Å². The van der Waals surface area contributed by atoms with E-state index in [4.69, 9.17) is 0 Å². The predicted molar refractivity (Wildman–Crippen MR) is 87.7 cm³/mol. The van der Waals surface area contributed by atoms with Gasteiger partial charge in [-0.25, -0.2) is 8.78 Å². The van der Waals surface area contributed by atoms with Crippen LogP contribution in [-0.4, -0.2) is 29.8 Å². The summed E-state index contributed by atoms with van der Waals surface area (Å²) in [4.78, 5) is 15.2. The van der Waals surface area contributed by atoms with Gasteiger partial charge < -0.3 is 0 Å². The highest BCUT2D eigenvalue weighted by atomic mass is 19.1. The molecule has 0 amide bonds. The van der Waals surface area contributed by atoms with Gasteiger partial charge in [0.1, 0.15) is 11.6 Å². The van der Waals surface area contributed by atoms with E-state index in [1.165, 1.54) is 24.3 Å². The van der Waals surface area contributed by atoms with E-state index in [9.17, 15) is 13.6 Å². The molecule has 3 heterocycles. The number of carbonyl (C=O) groups excluding carboxylic acids is 1. The lowest BCUT2D eigenvalue weighted by Crippen LogP contribution is -2.57. The fraction of sp³-hybridized carbons (Fsp3) is 0.350. The van der Waals surface area contributed by atoms with E-state index in [0.717, 1.165) is 37.1 Å². The summed E-state index contributed by atoms with van der Waals surface area (Å²) in [5, 5.41) is 0. The van der Waals surface area contributed by atoms with Crippen molar-refractivity contribution in [1.29, 1.82) is 0 Å². The number of ketones is 1. The van der Waals surface area contributed by atoms with E-state index in [0.29, 0.717) is 0 Å². The summed E-state index contributed by atoms with van der Waals surface area (Å²) in [6, 6.07) is 12.4. The molecule has 3 aliphatic rings. The zero-order chi connectivity index (χ0) is 16.7. The molecule has 3 aliphatic heterocycles. The largest absolute Gasteiger partial charge is 0.298 e. The summed E-state index contributed by atoms with van der Waals surface area (Å²) in [6.45, 7) is 1.83. The number of carbonyl (C=O) groups is 1. The van der Waals surface area contributed by atoms with E-state index in [-0.39, 0.29) is 35.3 Å². The van der Waals surface area contributed by atoms with Gasteiger partial charge in [0.2, 0.25) is 0 Å². The highest BCUT2D eigenvalue weighted by Crippen LogP contribution is 2.39. The van der Waals surface area contributed by atoms with E-state index < -0.39 is 0 Å². The number of piperidine rings is 3. The lowest BCUT2D eigenvalue weighted by Gasteiger charge is -2.47. The van der Waals surface area contributed by atoms with Crippen molar-refractivity contribution in [2.24, 2.45) is 5.92 Å². The second kappa shape index (κ2) is 6.10. The third kappa shape index (κ3) is 2.65. The first-order chi connectivity index (χ1) is 11.6. The Morgan fingerprint density at radius 1 is 0.833 bits per heavy atom. The number of rotatable bonds is 3. The van der Waals surface area contributed by atoms with Crippen LogP contribution in [0.3, 0.4) is 0 Å². The number of Topliss-reactive ketones (excluding diaryl/α,β-unsaturated/α-hetero) is 1. The van der Waals surface area contributed by atoms with Gasteiger partial charge in [-0.15, -0.1) is 0 Å². The van der Waals surface area contributed by atoms with Crippen LogP contribution in [0.15, 0.2) is 48.5 Å². The number of benzene rings is 2. The number of fused-ring (bicyclic) bond motifs is 3. The van der Waals surface area contributed by atoms with Crippen LogP contribution in [-0.2, 0) is 4.79 Å². The topological polar surface area (TPSA) is 20.3 Å². The third-order valence-electron chi connectivity index (χ3n) is 5.39. The maximum Gasteiger partial charge on any atom is 0.154 e. The molecule has 2 aromatic carbocycles. The Labute approximate surface area is 140 Å². The Hall–Kier alpha value is -2.07. The monoisotopic (exact) mass is 327 g/mol. The molecule has 0 aliphatic carbocycles. The molecular weight excluding hydrogens is 308 g/mol. The molecule has 0 spiro atoms. The average molecular weight is 327 g/mol. The van der Waals surface area contributed by atoms with Crippen LogP contribution in [0.5, 0.6) is 0 Å². The molecule has 1 atom stereocenters. The van der Waals surface area contributed by atoms with E-state index in [2.05, 4.69) is 4.90 Å². The van der Waals surface area contributed by atoms with Gasteiger partial charge in [0.25, 0.3) is 0 Å². The van der Waals surface area contributed by atoms with Crippen molar-refractivity contribution < 1.29 is 13.6 Å². The van der Waals surface area contributed by atoms with Crippen LogP contribution < -0.4 is 0 Å². The molecule has 0 saturated carbocycles. The van der Waals surface area contributed by atoms with Crippen LogP contribution >= 0.6 is 0 Å². The summed E-state index contributed by atoms with van der Waals surface area (Å²) >= 11 is 0. The van der Waals surface area contributed by atoms with Crippen molar-refractivity contribution in [3.05, 3.63) is 71.3 Å². The third-order valence-corrected chi connectivity index (χ3v) is 5.39. The summed E-state index contributed by atoms with van der Waals surface area (Å²) < 4.78 is 26.7. The molecule has 0 unspecified atom stereocenters. The first-order valence-electron chi connectivity index (χ1n) is 8.42. The fourth-order valence-corrected chi connectivity index (χ4v) is 4.16. The minimum atomic E-state index is -0.298. The molecule has 2 aromatic rings. The first kappa shape index (κ1) is 15.5. The Bertz CT molecular complexity index is 688. The smallest absolute Gasteiger partial charge is 0.154 e. The average Bonchev–Trinajstić information content (AvgIpc) is 2.61. The number of hydrogen-bond acceptors (Lipinski definition) is 2. The van der Waals surface area contributed by atoms with Crippen LogP contribution in [0, 0.1) is 17.6 Å². The van der Waals surface area contributed by atoms with E-state index in [1.807, 2.05) is 0 Å². The molecule has 3 fully saturated rings. The Kier molecular flexibility index (Phi) is 3.93. The highest BCUT2D eigenvalue weighted by Gasteiger charge is 2.45. The summed E-state index contributed by atoms with van der Waals surface area (Å²) in [6.07, 6.45) is 1.85. The van der Waals surface area contributed by atoms with Gasteiger partial charge in [-0.2, -0.15) is 0 Å². The maximum atomic E-state index is 13.3. The van der Waals surface area contributed by atoms with Crippen molar-refractivity contribution in [3.8, 4) is 0 Å². The molecule has 0 N–H and O–H groups in total. The van der Waals surface area contributed by atoms with Gasteiger partial charge in [0.05, 0.1) is 6.04 Å². The lowest BCUT2D eigenvalue weighted by atomic mass is 9.73. The Balaban J connectivity index is 1.79. The maximum absolute atomic E-state index is 13.3. The normalized spacial score (nSPS) is 26.1. The molecule has 4 heteroatoms. The zero-order valence-electron chi connectivity index (χ0n) is 13.3. The Morgan fingerprint density at radius 2 is 1.29 bits per heavy atom. The van der Waals surface area contributed by atoms with Crippen molar-refractivity contribution in [2.45, 2.75) is 24.8 Å². The number of hydrogen-bond donors (Lipinski definition) is 0. The second-order valence-corrected chi connectivity index (χ2v) is 6.74. The molecule has 0 aromatic heterocycles. The standard InChI is InChI=1S/C20H19F2NO/c21-16-5-1-13(2-6-16)18(14-3-7-17(22)8-4-14)19-20(24)15-9-11-23(19)12-10-15/h1-8,15,18-19H,9-12H2/t19-/m1/s1. The molecule has 3 saturated heterocycles. The SMILES string of the molecule is O=C1C2CCN(CC2)[C@@H]1C(c1ccc(F)cc1)c1ccc(F)cc1. The minimum Gasteiger partial charge on any atom is -0.298 e. The van der Waals surface area contributed by atoms with Gasteiger partial charge in [0.15, 0.2) is 5.78 Å². The fourth-order valence-electron chi connectivity index (χ4n) is 4.16. The van der Waals surface area contributed by atoms with E-state index in [1.54, 1.807) is 24.3 Å². The van der Waals surface area contributed by atoms with Crippen molar-refractivity contribution in [2.75, 3.05) is 13.1 Å². The predicted octanol–water partition coefficient (Wildman–Crippen LogP) is 3.76. The van der Waals surface area contributed by atoms with Crippen molar-refractivity contribution >= 4 is 5.78 Å². The second-order valence-electron chi connectivity index (χ2n) is 6.74. The number of halogens is 2. The highest BCUT2D eigenvalue weighted by molar-refractivity contribution is 5.89. The quantitative estimate of drug-likeness (QED) is 0.855.